The van der Waals surface area contributed by atoms with E-state index in [1.54, 1.807) is 30.3 Å². The number of ketones is 1. The molecule has 0 bridgehead atoms. The lowest BCUT2D eigenvalue weighted by atomic mass is 10.1. The van der Waals surface area contributed by atoms with Crippen LogP contribution in [0.4, 0.5) is 0 Å². The van der Waals surface area contributed by atoms with Crippen molar-refractivity contribution in [1.82, 2.24) is 4.57 Å². The molecule has 0 amide bonds. The summed E-state index contributed by atoms with van der Waals surface area (Å²) >= 11 is 3.32. The van der Waals surface area contributed by atoms with Gasteiger partial charge in [0.15, 0.2) is 12.4 Å². The third kappa shape index (κ3) is 4.28. The van der Waals surface area contributed by atoms with Crippen molar-refractivity contribution in [2.45, 2.75) is 32.7 Å². The molecule has 25 heavy (non-hydrogen) atoms. The van der Waals surface area contributed by atoms with Crippen molar-refractivity contribution in [2.75, 3.05) is 6.61 Å². The van der Waals surface area contributed by atoms with Gasteiger partial charge in [-0.1, -0.05) is 28.1 Å². The Kier molecular flexibility index (Phi) is 5.23. The second-order valence-corrected chi connectivity index (χ2v) is 7.21. The predicted octanol–water partition coefficient (Wildman–Crippen LogP) is 4.64. The maximum absolute atomic E-state index is 12.0. The second kappa shape index (κ2) is 7.40. The molecule has 0 radical (unpaired) electrons. The summed E-state index contributed by atoms with van der Waals surface area (Å²) < 4.78 is 8.27. The van der Waals surface area contributed by atoms with Crippen LogP contribution in [-0.2, 0) is 9.53 Å². The Bertz CT molecular complexity index is 829. The number of carbonyl (C=O) groups excluding carboxylic acids is 2. The minimum absolute atomic E-state index is 0.221. The van der Waals surface area contributed by atoms with Gasteiger partial charge < -0.3 is 9.30 Å². The van der Waals surface area contributed by atoms with Crippen molar-refractivity contribution in [3.05, 3.63) is 63.4 Å². The maximum Gasteiger partial charge on any atom is 0.331 e. The van der Waals surface area contributed by atoms with E-state index in [0.29, 0.717) is 11.6 Å². The van der Waals surface area contributed by atoms with Gasteiger partial charge in [-0.2, -0.15) is 0 Å². The lowest BCUT2D eigenvalue weighted by Crippen LogP contribution is -2.12. The third-order valence-corrected chi connectivity index (χ3v) is 4.87. The standard InChI is InChI=1S/C20H20BrNO3/c1-13-11-16(14(2)22(13)18-8-9-18)5-10-20(24)25-12-19(23)15-3-6-17(21)7-4-15/h3-7,10-11,18H,8-9,12H2,1-2H3/b10-5+. The number of Topliss-reactive ketones (excluding diaryl/α,β-unsaturated/α-hetero) is 1. The summed E-state index contributed by atoms with van der Waals surface area (Å²) in [6.07, 6.45) is 5.58. The van der Waals surface area contributed by atoms with Crippen LogP contribution < -0.4 is 0 Å². The predicted molar refractivity (Wildman–Crippen MR) is 101 cm³/mol. The molecule has 5 heteroatoms. The molecule has 1 aliphatic carbocycles. The minimum atomic E-state index is -0.512. The van der Waals surface area contributed by atoms with Gasteiger partial charge in [0, 0.05) is 33.5 Å². The maximum atomic E-state index is 12.0. The number of hydrogen-bond acceptors (Lipinski definition) is 3. The average molecular weight is 402 g/mol. The van der Waals surface area contributed by atoms with Crippen molar-refractivity contribution >= 4 is 33.8 Å². The van der Waals surface area contributed by atoms with Crippen molar-refractivity contribution in [1.29, 1.82) is 0 Å². The van der Waals surface area contributed by atoms with Gasteiger partial charge in [-0.05, 0) is 56.5 Å². The molecule has 1 aromatic carbocycles. The largest absolute Gasteiger partial charge is 0.454 e. The molecule has 0 saturated heterocycles. The van der Waals surface area contributed by atoms with Gasteiger partial charge in [-0.15, -0.1) is 0 Å². The summed E-state index contributed by atoms with van der Waals surface area (Å²) in [5.74, 6) is -0.733. The van der Waals surface area contributed by atoms with Crippen molar-refractivity contribution in [3.8, 4) is 0 Å². The fraction of sp³-hybridized carbons (Fsp3) is 0.300. The zero-order valence-electron chi connectivity index (χ0n) is 14.3. The molecule has 1 fully saturated rings. The van der Waals surface area contributed by atoms with Crippen LogP contribution in [0.5, 0.6) is 0 Å². The van der Waals surface area contributed by atoms with Crippen LogP contribution in [0.25, 0.3) is 6.08 Å². The molecule has 0 aliphatic heterocycles. The fourth-order valence-corrected chi connectivity index (χ4v) is 3.19. The highest BCUT2D eigenvalue weighted by Gasteiger charge is 2.26. The molecule has 4 nitrogen and oxygen atoms in total. The number of carbonyl (C=O) groups is 2. The smallest absolute Gasteiger partial charge is 0.331 e. The van der Waals surface area contributed by atoms with Crippen LogP contribution in [0.3, 0.4) is 0 Å². The monoisotopic (exact) mass is 401 g/mol. The molecule has 0 atom stereocenters. The number of nitrogens with zero attached hydrogens (tertiary/aromatic N) is 1. The van der Waals surface area contributed by atoms with Crippen LogP contribution in [0.15, 0.2) is 40.9 Å². The molecule has 1 heterocycles. The zero-order chi connectivity index (χ0) is 18.0. The Labute approximate surface area is 155 Å². The van der Waals surface area contributed by atoms with Gasteiger partial charge in [0.1, 0.15) is 0 Å². The Morgan fingerprint density at radius 3 is 2.56 bits per heavy atom. The highest BCUT2D eigenvalue weighted by Crippen LogP contribution is 2.38. The fourth-order valence-electron chi connectivity index (χ4n) is 2.93. The summed E-state index contributed by atoms with van der Waals surface area (Å²) in [7, 11) is 0. The van der Waals surface area contributed by atoms with E-state index in [-0.39, 0.29) is 12.4 Å². The number of aromatic nitrogens is 1. The van der Waals surface area contributed by atoms with E-state index in [0.717, 1.165) is 15.7 Å². The Hall–Kier alpha value is -2.14. The van der Waals surface area contributed by atoms with Crippen LogP contribution in [0.2, 0.25) is 0 Å². The lowest BCUT2D eigenvalue weighted by molar-refractivity contribution is -0.136. The molecule has 0 N–H and O–H groups in total. The van der Waals surface area contributed by atoms with Gasteiger partial charge in [0.05, 0.1) is 0 Å². The van der Waals surface area contributed by atoms with E-state index in [2.05, 4.69) is 40.4 Å². The van der Waals surface area contributed by atoms with E-state index >= 15 is 0 Å². The van der Waals surface area contributed by atoms with E-state index in [4.69, 9.17) is 4.74 Å². The first-order chi connectivity index (χ1) is 12.0. The Morgan fingerprint density at radius 1 is 1.24 bits per heavy atom. The average Bonchev–Trinajstić information content (AvgIpc) is 3.37. The molecule has 2 aromatic rings. The first-order valence-electron chi connectivity index (χ1n) is 8.27. The number of hydrogen-bond donors (Lipinski definition) is 0. The van der Waals surface area contributed by atoms with Gasteiger partial charge >= 0.3 is 5.97 Å². The van der Waals surface area contributed by atoms with Crippen molar-refractivity contribution in [2.24, 2.45) is 0 Å². The number of esters is 1. The molecule has 3 rings (SSSR count). The van der Waals surface area contributed by atoms with Crippen LogP contribution in [-0.4, -0.2) is 22.9 Å². The molecular weight excluding hydrogens is 382 g/mol. The van der Waals surface area contributed by atoms with E-state index < -0.39 is 5.97 Å². The SMILES string of the molecule is Cc1cc(/C=C/C(=O)OCC(=O)c2ccc(Br)cc2)c(C)n1C1CC1. The number of ether oxygens (including phenoxy) is 1. The van der Waals surface area contributed by atoms with Gasteiger partial charge in [0.2, 0.25) is 0 Å². The number of halogens is 1. The second-order valence-electron chi connectivity index (χ2n) is 6.30. The lowest BCUT2D eigenvalue weighted by Gasteiger charge is -2.06. The van der Waals surface area contributed by atoms with Crippen LogP contribution in [0.1, 0.15) is 46.2 Å². The molecule has 130 valence electrons. The zero-order valence-corrected chi connectivity index (χ0v) is 15.9. The van der Waals surface area contributed by atoms with E-state index in [1.165, 1.54) is 24.6 Å². The first-order valence-corrected chi connectivity index (χ1v) is 9.07. The third-order valence-electron chi connectivity index (χ3n) is 4.35. The van der Waals surface area contributed by atoms with E-state index in [9.17, 15) is 9.59 Å². The van der Waals surface area contributed by atoms with E-state index in [1.807, 2.05) is 0 Å². The molecule has 0 unspecified atom stereocenters. The normalized spacial score (nSPS) is 14.0. The molecule has 1 saturated carbocycles. The molecule has 0 spiro atoms. The molecular formula is C20H20BrNO3. The Balaban J connectivity index is 1.57. The van der Waals surface area contributed by atoms with Crippen molar-refractivity contribution in [3.63, 3.8) is 0 Å². The number of rotatable bonds is 6. The van der Waals surface area contributed by atoms with Gasteiger partial charge in [-0.3, -0.25) is 4.79 Å². The highest BCUT2D eigenvalue weighted by atomic mass is 79.9. The number of benzene rings is 1. The van der Waals surface area contributed by atoms with Gasteiger partial charge in [0.25, 0.3) is 0 Å². The Morgan fingerprint density at radius 2 is 1.92 bits per heavy atom. The van der Waals surface area contributed by atoms with Crippen LogP contribution >= 0.6 is 15.9 Å². The molecule has 1 aliphatic rings. The van der Waals surface area contributed by atoms with Crippen LogP contribution in [0, 0.1) is 13.8 Å². The molecule has 1 aromatic heterocycles. The summed E-state index contributed by atoms with van der Waals surface area (Å²) in [6, 6.07) is 9.64. The summed E-state index contributed by atoms with van der Waals surface area (Å²) in [6.45, 7) is 3.89. The number of aryl methyl sites for hydroxylation is 1. The quantitative estimate of drug-likeness (QED) is 0.402. The topological polar surface area (TPSA) is 48.3 Å². The minimum Gasteiger partial charge on any atom is -0.454 e. The summed E-state index contributed by atoms with van der Waals surface area (Å²) in [5, 5.41) is 0. The summed E-state index contributed by atoms with van der Waals surface area (Å²) in [5.41, 5.74) is 3.90. The summed E-state index contributed by atoms with van der Waals surface area (Å²) in [4.78, 5) is 23.9. The van der Waals surface area contributed by atoms with Gasteiger partial charge in [-0.25, -0.2) is 4.79 Å². The highest BCUT2D eigenvalue weighted by molar-refractivity contribution is 9.10. The van der Waals surface area contributed by atoms with Crippen molar-refractivity contribution < 1.29 is 14.3 Å². The first kappa shape index (κ1) is 17.7.